The van der Waals surface area contributed by atoms with Gasteiger partial charge in [-0.25, -0.2) is 0 Å². The van der Waals surface area contributed by atoms with Gasteiger partial charge in [0.1, 0.15) is 0 Å². The molecule has 0 aliphatic carbocycles. The van der Waals surface area contributed by atoms with E-state index < -0.39 is 0 Å². The number of amides is 1. The number of carbonyl (C=O) groups excluding carboxylic acids is 1. The molecule has 0 atom stereocenters. The molecule has 1 N–H and O–H groups in total. The molecule has 1 saturated heterocycles. The molecule has 0 saturated carbocycles. The van der Waals surface area contributed by atoms with Crippen molar-refractivity contribution < 1.29 is 4.79 Å². The van der Waals surface area contributed by atoms with E-state index in [0.717, 1.165) is 17.8 Å². The van der Waals surface area contributed by atoms with Gasteiger partial charge in [0.15, 0.2) is 0 Å². The highest BCUT2D eigenvalue weighted by Crippen LogP contribution is 2.08. The first kappa shape index (κ1) is 16.5. The smallest absolute Gasteiger partial charge is 0.225 e. The van der Waals surface area contributed by atoms with Gasteiger partial charge >= 0.3 is 0 Å². The van der Waals surface area contributed by atoms with Crippen LogP contribution in [0.3, 0.4) is 0 Å². The fourth-order valence-corrected chi connectivity index (χ4v) is 3.27. The Balaban J connectivity index is 1.44. The number of nitrogens with zero attached hydrogens (tertiary/aromatic N) is 2. The van der Waals surface area contributed by atoms with Crippen molar-refractivity contribution in [3.8, 4) is 0 Å². The van der Waals surface area contributed by atoms with Crippen LogP contribution in [0, 0.1) is 0 Å². The van der Waals surface area contributed by atoms with Crippen LogP contribution in [-0.4, -0.2) is 62.0 Å². The third-order valence-corrected chi connectivity index (χ3v) is 4.86. The molecule has 1 aliphatic rings. The molecule has 2 rings (SSSR count). The minimum Gasteiger partial charge on any atom is -0.356 e. The van der Waals surface area contributed by atoms with Crippen LogP contribution in [0.25, 0.3) is 0 Å². The lowest BCUT2D eigenvalue weighted by Gasteiger charge is -2.32. The first-order valence-corrected chi connectivity index (χ1v) is 8.82. The van der Waals surface area contributed by atoms with E-state index in [2.05, 4.69) is 22.2 Å². The largest absolute Gasteiger partial charge is 0.356 e. The summed E-state index contributed by atoms with van der Waals surface area (Å²) < 4.78 is 0. The molecular formula is C16H27N3OS. The Kier molecular flexibility index (Phi) is 7.19. The van der Waals surface area contributed by atoms with Crippen LogP contribution in [0.5, 0.6) is 0 Å². The number of hydrogen-bond donors (Lipinski definition) is 1. The molecule has 1 amide bonds. The van der Waals surface area contributed by atoms with E-state index in [9.17, 15) is 4.79 Å². The summed E-state index contributed by atoms with van der Waals surface area (Å²) in [6.45, 7) is 6.81. The van der Waals surface area contributed by atoms with Crippen LogP contribution in [-0.2, 0) is 11.2 Å². The van der Waals surface area contributed by atoms with Crippen molar-refractivity contribution >= 4 is 17.2 Å². The van der Waals surface area contributed by atoms with Crippen molar-refractivity contribution in [2.75, 3.05) is 46.3 Å². The molecule has 2 heterocycles. The molecule has 118 valence electrons. The predicted octanol–water partition coefficient (Wildman–Crippen LogP) is 1.82. The summed E-state index contributed by atoms with van der Waals surface area (Å²) in [5.74, 6) is 0.150. The first-order valence-electron chi connectivity index (χ1n) is 7.94. The normalized spacial score (nSPS) is 17.0. The Morgan fingerprint density at radius 2 is 2.05 bits per heavy atom. The molecule has 5 heteroatoms. The summed E-state index contributed by atoms with van der Waals surface area (Å²) in [4.78, 5) is 17.8. The van der Waals surface area contributed by atoms with Crippen molar-refractivity contribution in [2.45, 2.75) is 25.7 Å². The van der Waals surface area contributed by atoms with Crippen molar-refractivity contribution in [2.24, 2.45) is 0 Å². The number of rotatable bonds is 8. The molecule has 0 unspecified atom stereocenters. The van der Waals surface area contributed by atoms with Gasteiger partial charge in [-0.2, -0.15) is 0 Å². The molecular weight excluding hydrogens is 282 g/mol. The Morgan fingerprint density at radius 3 is 2.76 bits per heavy atom. The molecule has 1 aromatic rings. The Hall–Kier alpha value is -0.910. The molecule has 1 aliphatic heterocycles. The van der Waals surface area contributed by atoms with E-state index in [1.807, 2.05) is 17.5 Å². The number of nitrogens with one attached hydrogen (secondary N) is 1. The number of piperazine rings is 1. The first-order chi connectivity index (χ1) is 10.2. The fourth-order valence-electron chi connectivity index (χ4n) is 2.57. The maximum atomic E-state index is 11.7. The molecule has 0 spiro atoms. The monoisotopic (exact) mass is 309 g/mol. The molecule has 0 bridgehead atoms. The minimum atomic E-state index is 0.150. The average Bonchev–Trinajstić information content (AvgIpc) is 2.97. The van der Waals surface area contributed by atoms with Crippen LogP contribution >= 0.6 is 11.3 Å². The lowest BCUT2D eigenvalue weighted by atomic mass is 10.2. The maximum absolute atomic E-state index is 11.7. The van der Waals surface area contributed by atoms with Crippen molar-refractivity contribution in [1.82, 2.24) is 15.1 Å². The van der Waals surface area contributed by atoms with Gasteiger partial charge in [0, 0.05) is 37.6 Å². The van der Waals surface area contributed by atoms with Gasteiger partial charge in [-0.15, -0.1) is 11.3 Å². The molecule has 1 aromatic heterocycles. The lowest BCUT2D eigenvalue weighted by molar-refractivity contribution is -0.120. The summed E-state index contributed by atoms with van der Waals surface area (Å²) in [7, 11) is 2.19. The van der Waals surface area contributed by atoms with Crippen molar-refractivity contribution in [3.05, 3.63) is 22.4 Å². The summed E-state index contributed by atoms with van der Waals surface area (Å²) in [6, 6.07) is 4.01. The van der Waals surface area contributed by atoms with Crippen LogP contribution in [0.1, 0.15) is 24.1 Å². The maximum Gasteiger partial charge on any atom is 0.225 e. The van der Waals surface area contributed by atoms with E-state index in [4.69, 9.17) is 0 Å². The summed E-state index contributed by atoms with van der Waals surface area (Å²) >= 11 is 1.64. The van der Waals surface area contributed by atoms with Crippen LogP contribution in [0.15, 0.2) is 17.5 Å². The van der Waals surface area contributed by atoms with Crippen LogP contribution in [0.2, 0.25) is 0 Å². The second-order valence-corrected chi connectivity index (χ2v) is 6.84. The summed E-state index contributed by atoms with van der Waals surface area (Å²) in [6.07, 6.45) is 4.05. The Labute approximate surface area is 132 Å². The summed E-state index contributed by atoms with van der Waals surface area (Å²) in [5.41, 5.74) is 0. The average molecular weight is 309 g/mol. The number of unbranched alkanes of at least 4 members (excludes halogenated alkanes) is 2. The van der Waals surface area contributed by atoms with Crippen LogP contribution in [0.4, 0.5) is 0 Å². The molecule has 0 radical (unpaired) electrons. The highest BCUT2D eigenvalue weighted by molar-refractivity contribution is 7.10. The third kappa shape index (κ3) is 6.59. The highest BCUT2D eigenvalue weighted by atomic mass is 32.1. The fraction of sp³-hybridized carbons (Fsp3) is 0.688. The Morgan fingerprint density at radius 1 is 1.24 bits per heavy atom. The third-order valence-electron chi connectivity index (χ3n) is 3.98. The van der Waals surface area contributed by atoms with E-state index in [1.54, 1.807) is 11.3 Å². The lowest BCUT2D eigenvalue weighted by Crippen LogP contribution is -2.44. The number of thiophene rings is 1. The van der Waals surface area contributed by atoms with Crippen LogP contribution < -0.4 is 5.32 Å². The highest BCUT2D eigenvalue weighted by Gasteiger charge is 2.12. The Bertz CT molecular complexity index is 400. The van der Waals surface area contributed by atoms with E-state index >= 15 is 0 Å². The van der Waals surface area contributed by atoms with Gasteiger partial charge in [-0.1, -0.05) is 12.5 Å². The number of hydrogen-bond acceptors (Lipinski definition) is 4. The zero-order valence-corrected chi connectivity index (χ0v) is 13.8. The predicted molar refractivity (Wildman–Crippen MR) is 88.8 cm³/mol. The quantitative estimate of drug-likeness (QED) is 0.744. The number of likely N-dealkylation sites (N-methyl/N-ethyl adjacent to an activating group) is 1. The number of carbonyl (C=O) groups is 1. The van der Waals surface area contributed by atoms with Crippen molar-refractivity contribution in [3.63, 3.8) is 0 Å². The van der Waals surface area contributed by atoms with E-state index in [-0.39, 0.29) is 5.91 Å². The minimum absolute atomic E-state index is 0.150. The second-order valence-electron chi connectivity index (χ2n) is 5.81. The van der Waals surface area contributed by atoms with Gasteiger partial charge in [-0.3, -0.25) is 4.79 Å². The summed E-state index contributed by atoms with van der Waals surface area (Å²) in [5, 5.41) is 5.03. The van der Waals surface area contributed by atoms with Gasteiger partial charge in [-0.05, 0) is 37.9 Å². The zero-order valence-electron chi connectivity index (χ0n) is 13.0. The molecule has 0 aromatic carbocycles. The van der Waals surface area contributed by atoms with Crippen molar-refractivity contribution in [1.29, 1.82) is 0 Å². The molecule has 21 heavy (non-hydrogen) atoms. The standard InChI is InChI=1S/C16H27N3OS/c1-18-9-11-19(12-10-18)8-4-2-3-7-17-16(20)14-15-6-5-13-21-15/h5-6,13H,2-4,7-12,14H2,1H3,(H,17,20). The van der Waals surface area contributed by atoms with Gasteiger partial charge < -0.3 is 15.1 Å². The van der Waals surface area contributed by atoms with E-state index in [1.165, 1.54) is 45.6 Å². The SMILES string of the molecule is CN1CCN(CCCCCNC(=O)Cc2cccs2)CC1. The second kappa shape index (κ2) is 9.18. The van der Waals surface area contributed by atoms with Gasteiger partial charge in [0.05, 0.1) is 6.42 Å². The van der Waals surface area contributed by atoms with Gasteiger partial charge in [0.25, 0.3) is 0 Å². The van der Waals surface area contributed by atoms with E-state index in [0.29, 0.717) is 6.42 Å². The zero-order chi connectivity index (χ0) is 14.9. The molecule has 4 nitrogen and oxygen atoms in total. The molecule has 1 fully saturated rings. The van der Waals surface area contributed by atoms with Gasteiger partial charge in [0.2, 0.25) is 5.91 Å². The topological polar surface area (TPSA) is 35.6 Å².